The van der Waals surface area contributed by atoms with Crippen LogP contribution in [0.25, 0.3) is 0 Å². The van der Waals surface area contributed by atoms with Crippen LogP contribution in [-0.4, -0.2) is 48.5 Å². The molecule has 1 aromatic rings. The molecule has 0 bridgehead atoms. The van der Waals surface area contributed by atoms with Crippen LogP contribution in [0.3, 0.4) is 0 Å². The average Bonchev–Trinajstić information content (AvgIpc) is 3.00. The predicted molar refractivity (Wildman–Crippen MR) is 82.9 cm³/mol. The second-order valence-corrected chi connectivity index (χ2v) is 8.19. The number of aromatic nitrogens is 2. The monoisotopic (exact) mass is 334 g/mol. The Morgan fingerprint density at radius 2 is 1.95 bits per heavy atom. The minimum Gasteiger partial charge on any atom is -0.336 e. The summed E-state index contributed by atoms with van der Waals surface area (Å²) in [6, 6.07) is 0. The molecule has 21 heavy (non-hydrogen) atoms. The highest BCUT2D eigenvalue weighted by Gasteiger charge is 2.42. The maximum absolute atomic E-state index is 12.6. The highest BCUT2D eigenvalue weighted by molar-refractivity contribution is 7.89. The van der Waals surface area contributed by atoms with Crippen LogP contribution in [0.4, 0.5) is 0 Å². The molecule has 8 heteroatoms. The highest BCUT2D eigenvalue weighted by Crippen LogP contribution is 2.30. The molecule has 0 aliphatic carbocycles. The number of sulfonamides is 1. The van der Waals surface area contributed by atoms with Crippen LogP contribution in [0.2, 0.25) is 0 Å². The van der Waals surface area contributed by atoms with E-state index in [1.165, 1.54) is 0 Å². The van der Waals surface area contributed by atoms with Crippen LogP contribution in [0.5, 0.6) is 0 Å². The minimum atomic E-state index is -3.42. The van der Waals surface area contributed by atoms with Crippen molar-refractivity contribution in [3.8, 4) is 0 Å². The number of hydrogen-bond acceptors (Lipinski definition) is 4. The Hall–Kier alpha value is -0.630. The molecule has 2 saturated heterocycles. The lowest BCUT2D eigenvalue weighted by atomic mass is 10.0. The van der Waals surface area contributed by atoms with Gasteiger partial charge < -0.3 is 9.88 Å². The summed E-state index contributed by atoms with van der Waals surface area (Å²) >= 11 is 0. The molecule has 0 aromatic carbocycles. The van der Waals surface area contributed by atoms with Crippen molar-refractivity contribution < 1.29 is 8.42 Å². The van der Waals surface area contributed by atoms with E-state index in [2.05, 4.69) is 24.1 Å². The van der Waals surface area contributed by atoms with Gasteiger partial charge in [0.2, 0.25) is 0 Å². The molecule has 0 unspecified atom stereocenters. The van der Waals surface area contributed by atoms with Gasteiger partial charge in [0.05, 0.1) is 6.33 Å². The summed E-state index contributed by atoms with van der Waals surface area (Å²) in [7, 11) is -3.42. The molecule has 0 radical (unpaired) electrons. The number of hydrogen-bond donors (Lipinski definition) is 1. The third-order valence-corrected chi connectivity index (χ3v) is 5.86. The Bertz CT molecular complexity index is 575. The quantitative estimate of drug-likeness (QED) is 0.884. The van der Waals surface area contributed by atoms with Crippen molar-refractivity contribution in [2.45, 2.75) is 25.4 Å². The zero-order valence-corrected chi connectivity index (χ0v) is 14.0. The van der Waals surface area contributed by atoms with Crippen molar-refractivity contribution in [1.82, 2.24) is 19.2 Å². The van der Waals surface area contributed by atoms with E-state index < -0.39 is 10.0 Å². The van der Waals surface area contributed by atoms with Crippen molar-refractivity contribution >= 4 is 22.4 Å². The molecular weight excluding hydrogens is 312 g/mol. The lowest BCUT2D eigenvalue weighted by molar-refractivity contribution is 0.445. The smallest absolute Gasteiger partial charge is 0.262 e. The number of halogens is 1. The zero-order valence-electron chi connectivity index (χ0n) is 12.4. The van der Waals surface area contributed by atoms with Gasteiger partial charge in [-0.25, -0.2) is 13.4 Å². The fourth-order valence-corrected chi connectivity index (χ4v) is 4.62. The molecule has 6 nitrogen and oxygen atoms in total. The minimum absolute atomic E-state index is 0. The summed E-state index contributed by atoms with van der Waals surface area (Å²) in [6.07, 6.45) is 3.27. The fourth-order valence-electron chi connectivity index (χ4n) is 3.14. The van der Waals surface area contributed by atoms with Gasteiger partial charge in [-0.2, -0.15) is 4.31 Å². The number of imidazole rings is 1. The molecule has 0 spiro atoms. The first-order valence-corrected chi connectivity index (χ1v) is 8.63. The first-order chi connectivity index (χ1) is 9.46. The van der Waals surface area contributed by atoms with Crippen molar-refractivity contribution in [3.63, 3.8) is 0 Å². The van der Waals surface area contributed by atoms with Crippen LogP contribution >= 0.6 is 12.4 Å². The molecule has 2 aliphatic heterocycles. The van der Waals surface area contributed by atoms with E-state index in [0.717, 1.165) is 19.6 Å². The van der Waals surface area contributed by atoms with Crippen LogP contribution in [0.15, 0.2) is 17.6 Å². The van der Waals surface area contributed by atoms with Gasteiger partial charge in [0.25, 0.3) is 10.0 Å². The van der Waals surface area contributed by atoms with E-state index in [9.17, 15) is 8.42 Å². The number of fused-ring (bicyclic) bond motifs is 1. The number of nitrogens with zero attached hydrogens (tertiary/aromatic N) is 3. The lowest BCUT2D eigenvalue weighted by Gasteiger charge is -2.15. The molecule has 3 heterocycles. The number of nitrogens with one attached hydrogen (secondary N) is 1. The SMILES string of the molecule is CC(C)Cn1cnc(S(=O)(=O)N2C[C@H]3CNC[C@H]3C2)c1.Cl. The molecule has 2 atom stereocenters. The van der Waals surface area contributed by atoms with Crippen LogP contribution in [0.1, 0.15) is 13.8 Å². The summed E-state index contributed by atoms with van der Waals surface area (Å²) in [6.45, 7) is 8.09. The van der Waals surface area contributed by atoms with Gasteiger partial charge in [0.15, 0.2) is 5.03 Å². The van der Waals surface area contributed by atoms with Gasteiger partial charge in [-0.15, -0.1) is 12.4 Å². The topological polar surface area (TPSA) is 67.2 Å². The first kappa shape index (κ1) is 16.7. The zero-order chi connectivity index (χ0) is 14.3. The molecule has 3 rings (SSSR count). The van der Waals surface area contributed by atoms with E-state index in [4.69, 9.17) is 0 Å². The Morgan fingerprint density at radius 1 is 1.33 bits per heavy atom. The Labute approximate surface area is 132 Å². The van der Waals surface area contributed by atoms with Crippen LogP contribution in [0, 0.1) is 17.8 Å². The molecular formula is C13H23ClN4O2S. The standard InChI is InChI=1S/C13H22N4O2S.ClH/c1-10(2)5-16-8-13(15-9-16)20(18,19)17-6-11-3-14-4-12(11)7-17;/h8-12,14H,3-7H2,1-2H3;1H/t11-,12+;. The Kier molecular flexibility index (Phi) is 4.97. The van der Waals surface area contributed by atoms with Crippen molar-refractivity contribution in [2.75, 3.05) is 26.2 Å². The van der Waals surface area contributed by atoms with Crippen LogP contribution in [-0.2, 0) is 16.6 Å². The average molecular weight is 335 g/mol. The van der Waals surface area contributed by atoms with Gasteiger partial charge in [0.1, 0.15) is 0 Å². The van der Waals surface area contributed by atoms with Gasteiger partial charge in [0, 0.05) is 25.8 Å². The molecule has 1 aromatic heterocycles. The van der Waals surface area contributed by atoms with Crippen LogP contribution < -0.4 is 5.32 Å². The third-order valence-electron chi connectivity index (χ3n) is 4.15. The van der Waals surface area contributed by atoms with Crippen molar-refractivity contribution in [2.24, 2.45) is 17.8 Å². The maximum atomic E-state index is 12.6. The Balaban J connectivity index is 0.00000161. The summed E-state index contributed by atoms with van der Waals surface area (Å²) in [5.74, 6) is 1.39. The van der Waals surface area contributed by atoms with Gasteiger partial charge in [-0.05, 0) is 30.8 Å². The summed E-state index contributed by atoms with van der Waals surface area (Å²) in [5, 5.41) is 3.51. The molecule has 0 saturated carbocycles. The van der Waals surface area contributed by atoms with E-state index in [1.807, 2.05) is 4.57 Å². The Morgan fingerprint density at radius 3 is 2.52 bits per heavy atom. The van der Waals surface area contributed by atoms with E-state index >= 15 is 0 Å². The second kappa shape index (κ2) is 6.24. The molecule has 0 amide bonds. The largest absolute Gasteiger partial charge is 0.336 e. The van der Waals surface area contributed by atoms with Gasteiger partial charge >= 0.3 is 0 Å². The third kappa shape index (κ3) is 3.26. The van der Waals surface area contributed by atoms with E-state index in [0.29, 0.717) is 30.8 Å². The normalized spacial score (nSPS) is 26.0. The van der Waals surface area contributed by atoms with E-state index in [1.54, 1.807) is 16.8 Å². The van der Waals surface area contributed by atoms with E-state index in [-0.39, 0.29) is 17.4 Å². The summed E-state index contributed by atoms with van der Waals surface area (Å²) in [5.41, 5.74) is 0. The number of rotatable bonds is 4. The van der Waals surface area contributed by atoms with Crippen molar-refractivity contribution in [1.29, 1.82) is 0 Å². The van der Waals surface area contributed by atoms with Gasteiger partial charge in [-0.1, -0.05) is 13.8 Å². The highest BCUT2D eigenvalue weighted by atomic mass is 35.5. The second-order valence-electron chi connectivity index (χ2n) is 6.30. The molecule has 2 fully saturated rings. The summed E-state index contributed by atoms with van der Waals surface area (Å²) < 4.78 is 28.6. The molecule has 1 N–H and O–H groups in total. The first-order valence-electron chi connectivity index (χ1n) is 7.19. The van der Waals surface area contributed by atoms with Crippen molar-refractivity contribution in [3.05, 3.63) is 12.5 Å². The van der Waals surface area contributed by atoms with Gasteiger partial charge in [-0.3, -0.25) is 0 Å². The molecule has 2 aliphatic rings. The maximum Gasteiger partial charge on any atom is 0.262 e. The fraction of sp³-hybridized carbons (Fsp3) is 0.769. The predicted octanol–water partition coefficient (Wildman–Crippen LogP) is 0.801. The molecule has 120 valence electrons. The summed E-state index contributed by atoms with van der Waals surface area (Å²) in [4.78, 5) is 4.10. The lowest BCUT2D eigenvalue weighted by Crippen LogP contribution is -2.32.